The van der Waals surface area contributed by atoms with E-state index in [1.54, 1.807) is 7.11 Å². The first-order valence-electron chi connectivity index (χ1n) is 9.23. The van der Waals surface area contributed by atoms with Crippen LogP contribution in [0.5, 0.6) is 5.75 Å². The van der Waals surface area contributed by atoms with Crippen molar-refractivity contribution in [2.75, 3.05) is 13.7 Å². The molecule has 4 heteroatoms. The Kier molecular flexibility index (Phi) is 4.51. The zero-order valence-electron chi connectivity index (χ0n) is 15.3. The van der Waals surface area contributed by atoms with Gasteiger partial charge in [0.2, 0.25) is 5.78 Å². The van der Waals surface area contributed by atoms with Gasteiger partial charge in [-0.3, -0.25) is 4.79 Å². The van der Waals surface area contributed by atoms with Crippen LogP contribution in [0, 0.1) is 6.92 Å². The Balaban J connectivity index is 1.54. The van der Waals surface area contributed by atoms with Gasteiger partial charge in [0.1, 0.15) is 18.8 Å². The lowest BCUT2D eigenvalue weighted by atomic mass is 10.1. The van der Waals surface area contributed by atoms with Gasteiger partial charge in [-0.1, -0.05) is 18.2 Å². The van der Waals surface area contributed by atoms with E-state index in [1.807, 2.05) is 43.3 Å². The van der Waals surface area contributed by atoms with Gasteiger partial charge in [-0.25, -0.2) is 0 Å². The molecule has 1 aliphatic carbocycles. The van der Waals surface area contributed by atoms with Crippen LogP contribution in [0.15, 0.2) is 48.5 Å². The number of nitrogens with one attached hydrogen (secondary N) is 2. The number of ether oxygens (including phenoxy) is 1. The molecule has 0 radical (unpaired) electrons. The van der Waals surface area contributed by atoms with Crippen LogP contribution in [0.2, 0.25) is 0 Å². The number of ketones is 1. The van der Waals surface area contributed by atoms with E-state index in [-0.39, 0.29) is 5.78 Å². The van der Waals surface area contributed by atoms with Gasteiger partial charge in [0.15, 0.2) is 0 Å². The highest BCUT2D eigenvalue weighted by molar-refractivity contribution is 6.09. The lowest BCUT2D eigenvalue weighted by molar-refractivity contribution is -0.916. The number of carbonyl (C=O) groups excluding carboxylic acids is 1. The highest BCUT2D eigenvalue weighted by Gasteiger charge is 2.35. The number of Topliss-reactive ketones (excluding diaryl/α,β-unsaturated/α-hetero) is 1. The number of carbonyl (C=O) groups is 1. The number of quaternary nitrogens is 1. The fraction of sp³-hybridized carbons (Fsp3) is 0.318. The molecule has 1 atom stereocenters. The number of para-hydroxylation sites is 1. The summed E-state index contributed by atoms with van der Waals surface area (Å²) in [6.07, 6.45) is 2.43. The fourth-order valence-electron chi connectivity index (χ4n) is 3.78. The first-order valence-corrected chi connectivity index (χ1v) is 9.23. The van der Waals surface area contributed by atoms with Crippen LogP contribution >= 0.6 is 0 Å². The Morgan fingerprint density at radius 1 is 1.15 bits per heavy atom. The van der Waals surface area contributed by atoms with Gasteiger partial charge in [0.25, 0.3) is 0 Å². The van der Waals surface area contributed by atoms with Gasteiger partial charge in [0.05, 0.1) is 18.7 Å². The zero-order chi connectivity index (χ0) is 18.1. The van der Waals surface area contributed by atoms with Crippen molar-refractivity contribution in [3.05, 3.63) is 65.4 Å². The Hall–Kier alpha value is -2.59. The third kappa shape index (κ3) is 3.37. The summed E-state index contributed by atoms with van der Waals surface area (Å²) >= 11 is 0. The molecule has 2 N–H and O–H groups in total. The summed E-state index contributed by atoms with van der Waals surface area (Å²) < 4.78 is 5.24. The molecular weight excluding hydrogens is 324 g/mol. The van der Waals surface area contributed by atoms with Crippen LogP contribution in [0.3, 0.4) is 0 Å². The molecule has 26 heavy (non-hydrogen) atoms. The number of rotatable bonds is 7. The molecule has 0 saturated heterocycles. The molecule has 1 aliphatic rings. The number of H-pyrrole nitrogens is 1. The molecule has 4 rings (SSSR count). The zero-order valence-corrected chi connectivity index (χ0v) is 15.3. The van der Waals surface area contributed by atoms with Crippen LogP contribution in [0.25, 0.3) is 10.9 Å². The summed E-state index contributed by atoms with van der Waals surface area (Å²) in [6, 6.07) is 16.8. The van der Waals surface area contributed by atoms with E-state index < -0.39 is 0 Å². The molecule has 1 fully saturated rings. The molecule has 0 bridgehead atoms. The smallest absolute Gasteiger partial charge is 0.219 e. The van der Waals surface area contributed by atoms with Crippen molar-refractivity contribution in [2.24, 2.45) is 0 Å². The average Bonchev–Trinajstić information content (AvgIpc) is 3.43. The molecule has 2 aromatic carbocycles. The second-order valence-corrected chi connectivity index (χ2v) is 7.23. The summed E-state index contributed by atoms with van der Waals surface area (Å²) in [5, 5.41) is 1.04. The lowest BCUT2D eigenvalue weighted by Crippen LogP contribution is -3.13. The third-order valence-corrected chi connectivity index (χ3v) is 5.30. The lowest BCUT2D eigenvalue weighted by Gasteiger charge is -2.19. The van der Waals surface area contributed by atoms with E-state index >= 15 is 0 Å². The van der Waals surface area contributed by atoms with Gasteiger partial charge < -0.3 is 14.6 Å². The third-order valence-electron chi connectivity index (χ3n) is 5.30. The first-order chi connectivity index (χ1) is 12.7. The number of hydrogen-bond donors (Lipinski definition) is 2. The second-order valence-electron chi connectivity index (χ2n) is 7.23. The minimum absolute atomic E-state index is 0.232. The Labute approximate surface area is 153 Å². The summed E-state index contributed by atoms with van der Waals surface area (Å²) in [4.78, 5) is 17.8. The molecule has 1 unspecified atom stereocenters. The van der Waals surface area contributed by atoms with Crippen molar-refractivity contribution in [1.29, 1.82) is 0 Å². The predicted molar refractivity (Wildman–Crippen MR) is 103 cm³/mol. The number of aromatic amines is 1. The minimum Gasteiger partial charge on any atom is -0.497 e. The highest BCUT2D eigenvalue weighted by atomic mass is 16.5. The van der Waals surface area contributed by atoms with E-state index in [9.17, 15) is 4.79 Å². The Morgan fingerprint density at radius 2 is 1.88 bits per heavy atom. The predicted octanol–water partition coefficient (Wildman–Crippen LogP) is 2.92. The van der Waals surface area contributed by atoms with E-state index in [0.717, 1.165) is 34.5 Å². The Bertz CT molecular complexity index is 923. The molecule has 4 nitrogen and oxygen atoms in total. The maximum Gasteiger partial charge on any atom is 0.219 e. The second kappa shape index (κ2) is 6.96. The molecule has 0 amide bonds. The van der Waals surface area contributed by atoms with E-state index in [0.29, 0.717) is 12.6 Å². The topological polar surface area (TPSA) is 46.5 Å². The van der Waals surface area contributed by atoms with E-state index in [1.165, 1.54) is 23.3 Å². The molecule has 134 valence electrons. The van der Waals surface area contributed by atoms with Crippen LogP contribution in [-0.2, 0) is 6.54 Å². The van der Waals surface area contributed by atoms with Crippen LogP contribution in [-0.4, -0.2) is 30.5 Å². The molecule has 1 heterocycles. The molecule has 3 aromatic rings. The first kappa shape index (κ1) is 16.9. The number of hydrogen-bond acceptors (Lipinski definition) is 2. The molecular formula is C22H25N2O2+. The largest absolute Gasteiger partial charge is 0.497 e. The monoisotopic (exact) mass is 349 g/mol. The van der Waals surface area contributed by atoms with Gasteiger partial charge in [-0.15, -0.1) is 0 Å². The van der Waals surface area contributed by atoms with Crippen LogP contribution in [0.4, 0.5) is 0 Å². The molecule has 1 saturated carbocycles. The standard InChI is InChI=1S/C22H24N2O2/c1-15-22(19-5-3-4-6-20(19)23-15)21(25)14-24(17-9-10-17)13-16-7-11-18(26-2)12-8-16/h3-8,11-12,17,23H,9-10,13-14H2,1-2H3/p+1. The van der Waals surface area contributed by atoms with Crippen LogP contribution < -0.4 is 9.64 Å². The molecule has 0 aliphatic heterocycles. The maximum absolute atomic E-state index is 13.1. The van der Waals surface area contributed by atoms with Gasteiger partial charge in [-0.05, 0) is 37.3 Å². The fourth-order valence-corrected chi connectivity index (χ4v) is 3.78. The summed E-state index contributed by atoms with van der Waals surface area (Å²) in [7, 11) is 1.68. The normalized spacial score (nSPS) is 15.2. The summed E-state index contributed by atoms with van der Waals surface area (Å²) in [5.74, 6) is 1.10. The summed E-state index contributed by atoms with van der Waals surface area (Å²) in [6.45, 7) is 3.41. The van der Waals surface area contributed by atoms with Crippen molar-refractivity contribution in [3.8, 4) is 5.75 Å². The number of aryl methyl sites for hydroxylation is 1. The van der Waals surface area contributed by atoms with Crippen molar-refractivity contribution < 1.29 is 14.4 Å². The van der Waals surface area contributed by atoms with E-state index in [2.05, 4.69) is 17.1 Å². The molecule has 0 spiro atoms. The van der Waals surface area contributed by atoms with Crippen molar-refractivity contribution >= 4 is 16.7 Å². The highest BCUT2D eigenvalue weighted by Crippen LogP contribution is 2.22. The van der Waals surface area contributed by atoms with E-state index in [4.69, 9.17) is 4.74 Å². The SMILES string of the molecule is COc1ccc(C[NH+](CC(=O)c2c(C)[nH]c3ccccc23)C2CC2)cc1. The van der Waals surface area contributed by atoms with Gasteiger partial charge in [0, 0.05) is 35.0 Å². The number of benzene rings is 2. The van der Waals surface area contributed by atoms with Crippen molar-refractivity contribution in [1.82, 2.24) is 4.98 Å². The number of methoxy groups -OCH3 is 1. The number of fused-ring (bicyclic) bond motifs is 1. The quantitative estimate of drug-likeness (QED) is 0.644. The average molecular weight is 349 g/mol. The summed E-state index contributed by atoms with van der Waals surface area (Å²) in [5.41, 5.74) is 4.11. The van der Waals surface area contributed by atoms with Gasteiger partial charge in [-0.2, -0.15) is 0 Å². The van der Waals surface area contributed by atoms with Crippen LogP contribution in [0.1, 0.15) is 34.5 Å². The van der Waals surface area contributed by atoms with Gasteiger partial charge >= 0.3 is 0 Å². The maximum atomic E-state index is 13.1. The number of aromatic nitrogens is 1. The Morgan fingerprint density at radius 3 is 2.58 bits per heavy atom. The van der Waals surface area contributed by atoms with Crippen molar-refractivity contribution in [3.63, 3.8) is 0 Å². The minimum atomic E-state index is 0.232. The van der Waals surface area contributed by atoms with Crippen molar-refractivity contribution in [2.45, 2.75) is 32.4 Å². The molecule has 1 aromatic heterocycles.